The van der Waals surface area contributed by atoms with Crippen LogP contribution in [-0.4, -0.2) is 45.6 Å². The minimum Gasteiger partial charge on any atom is -0.478 e. The number of pyridine rings is 1. The Morgan fingerprint density at radius 1 is 1.47 bits per heavy atom. The molecule has 1 aliphatic heterocycles. The highest BCUT2D eigenvalue weighted by atomic mass is 32.2. The Morgan fingerprint density at radius 3 is 2.89 bits per heavy atom. The number of rotatable bonds is 2. The van der Waals surface area contributed by atoms with Crippen molar-refractivity contribution in [1.82, 2.24) is 14.6 Å². The first-order valence-electron chi connectivity index (χ1n) is 5.75. The fourth-order valence-corrected chi connectivity index (χ4v) is 4.00. The summed E-state index contributed by atoms with van der Waals surface area (Å²) in [4.78, 5) is 15.3. The summed E-state index contributed by atoms with van der Waals surface area (Å²) in [5.41, 5.74) is 0.302. The number of carboxylic acid groups (broad SMARTS) is 1. The second-order valence-electron chi connectivity index (χ2n) is 4.57. The van der Waals surface area contributed by atoms with Crippen LogP contribution in [-0.2, 0) is 9.84 Å². The minimum absolute atomic E-state index is 0.0340. The third-order valence-electron chi connectivity index (χ3n) is 3.21. The Morgan fingerprint density at radius 2 is 2.26 bits per heavy atom. The summed E-state index contributed by atoms with van der Waals surface area (Å²) >= 11 is 0. The van der Waals surface area contributed by atoms with Gasteiger partial charge in [0, 0.05) is 12.1 Å². The standard InChI is InChI=1S/C11H11N3O4S/c15-11(16)8-2-1-4-14-10(8)12-9(13-14)7-3-5-19(17,18)6-7/h1-2,4,7H,3,5-6H2,(H,15,16). The molecule has 8 heteroatoms. The molecule has 100 valence electrons. The molecule has 3 rings (SSSR count). The van der Waals surface area contributed by atoms with E-state index in [9.17, 15) is 13.2 Å². The minimum atomic E-state index is -3.01. The van der Waals surface area contributed by atoms with Gasteiger partial charge >= 0.3 is 5.97 Å². The van der Waals surface area contributed by atoms with Crippen molar-refractivity contribution in [3.05, 3.63) is 29.7 Å². The number of aromatic nitrogens is 3. The molecule has 3 heterocycles. The fourth-order valence-electron chi connectivity index (χ4n) is 2.26. The Bertz CT molecular complexity index is 765. The maximum atomic E-state index is 11.4. The van der Waals surface area contributed by atoms with Gasteiger partial charge in [-0.1, -0.05) is 0 Å². The number of carboxylic acids is 1. The van der Waals surface area contributed by atoms with Gasteiger partial charge in [0.2, 0.25) is 0 Å². The molecule has 1 N–H and O–H groups in total. The normalized spacial score (nSPS) is 21.8. The first kappa shape index (κ1) is 12.1. The number of hydrogen-bond acceptors (Lipinski definition) is 5. The van der Waals surface area contributed by atoms with E-state index in [4.69, 9.17) is 5.11 Å². The van der Waals surface area contributed by atoms with Crippen LogP contribution in [0.4, 0.5) is 0 Å². The molecule has 7 nitrogen and oxygen atoms in total. The molecule has 0 spiro atoms. The molecule has 2 aromatic heterocycles. The summed E-state index contributed by atoms with van der Waals surface area (Å²) in [6, 6.07) is 3.02. The number of fused-ring (bicyclic) bond motifs is 1. The summed E-state index contributed by atoms with van der Waals surface area (Å²) in [7, 11) is -3.01. The SMILES string of the molecule is O=C(O)c1cccn2nc(C3CCS(=O)(=O)C3)nc12. The van der Waals surface area contributed by atoms with Gasteiger partial charge in [-0.15, -0.1) is 0 Å². The third-order valence-corrected chi connectivity index (χ3v) is 4.97. The molecular formula is C11H11N3O4S. The first-order valence-corrected chi connectivity index (χ1v) is 7.57. The molecular weight excluding hydrogens is 270 g/mol. The van der Waals surface area contributed by atoms with Gasteiger partial charge in [-0.25, -0.2) is 22.7 Å². The number of nitrogens with zero attached hydrogens (tertiary/aromatic N) is 3. The van der Waals surface area contributed by atoms with Gasteiger partial charge in [0.1, 0.15) is 5.56 Å². The number of aromatic carboxylic acids is 1. The second kappa shape index (κ2) is 4.02. The summed E-state index contributed by atoms with van der Waals surface area (Å²) in [5.74, 6) is -0.754. The first-order chi connectivity index (χ1) is 8.96. The van der Waals surface area contributed by atoms with Gasteiger partial charge < -0.3 is 5.11 Å². The van der Waals surface area contributed by atoms with E-state index in [2.05, 4.69) is 10.1 Å². The van der Waals surface area contributed by atoms with Crippen LogP contribution >= 0.6 is 0 Å². The summed E-state index contributed by atoms with van der Waals surface area (Å²) in [5, 5.41) is 13.2. The van der Waals surface area contributed by atoms with Crippen LogP contribution in [0, 0.1) is 0 Å². The van der Waals surface area contributed by atoms with Crippen LogP contribution in [0.5, 0.6) is 0 Å². The maximum Gasteiger partial charge on any atom is 0.339 e. The van der Waals surface area contributed by atoms with Crippen molar-refractivity contribution in [2.45, 2.75) is 12.3 Å². The zero-order valence-electron chi connectivity index (χ0n) is 9.85. The second-order valence-corrected chi connectivity index (χ2v) is 6.79. The van der Waals surface area contributed by atoms with Gasteiger partial charge in [0.05, 0.1) is 11.5 Å². The molecule has 0 saturated carbocycles. The van der Waals surface area contributed by atoms with Crippen molar-refractivity contribution in [2.75, 3.05) is 11.5 Å². The predicted octanol–water partition coefficient (Wildman–Crippen LogP) is 0.330. The highest BCUT2D eigenvalue weighted by Gasteiger charge is 2.32. The van der Waals surface area contributed by atoms with E-state index in [0.717, 1.165) is 0 Å². The van der Waals surface area contributed by atoms with Gasteiger partial charge in [-0.3, -0.25) is 0 Å². The molecule has 2 aromatic rings. The van der Waals surface area contributed by atoms with E-state index in [1.54, 1.807) is 12.3 Å². The van der Waals surface area contributed by atoms with Crippen molar-refractivity contribution >= 4 is 21.5 Å². The smallest absolute Gasteiger partial charge is 0.339 e. The van der Waals surface area contributed by atoms with E-state index in [-0.39, 0.29) is 28.6 Å². The Kier molecular flexibility index (Phi) is 2.56. The molecule has 0 radical (unpaired) electrons. The van der Waals surface area contributed by atoms with E-state index >= 15 is 0 Å². The van der Waals surface area contributed by atoms with Crippen molar-refractivity contribution in [3.8, 4) is 0 Å². The lowest BCUT2D eigenvalue weighted by atomic mass is 10.1. The molecule has 1 aliphatic rings. The zero-order valence-corrected chi connectivity index (χ0v) is 10.7. The molecule has 1 atom stereocenters. The third kappa shape index (κ3) is 2.07. The monoisotopic (exact) mass is 281 g/mol. The van der Waals surface area contributed by atoms with Crippen LogP contribution in [0.2, 0.25) is 0 Å². The average molecular weight is 281 g/mol. The van der Waals surface area contributed by atoms with Crippen LogP contribution < -0.4 is 0 Å². The molecule has 0 bridgehead atoms. The van der Waals surface area contributed by atoms with Gasteiger partial charge in [0.25, 0.3) is 0 Å². The highest BCUT2D eigenvalue weighted by Crippen LogP contribution is 2.27. The van der Waals surface area contributed by atoms with Crippen molar-refractivity contribution in [1.29, 1.82) is 0 Å². The van der Waals surface area contributed by atoms with Crippen LogP contribution in [0.1, 0.15) is 28.5 Å². The van der Waals surface area contributed by atoms with Gasteiger partial charge in [-0.05, 0) is 18.6 Å². The lowest BCUT2D eigenvalue weighted by molar-refractivity contribution is 0.0698. The van der Waals surface area contributed by atoms with E-state index < -0.39 is 15.8 Å². The Hall–Kier alpha value is -1.96. The number of sulfone groups is 1. The topological polar surface area (TPSA) is 102 Å². The molecule has 0 aliphatic carbocycles. The van der Waals surface area contributed by atoms with E-state index in [1.165, 1.54) is 10.6 Å². The van der Waals surface area contributed by atoms with Crippen LogP contribution in [0.25, 0.3) is 5.65 Å². The largest absolute Gasteiger partial charge is 0.478 e. The molecule has 19 heavy (non-hydrogen) atoms. The average Bonchev–Trinajstić information content (AvgIpc) is 2.90. The van der Waals surface area contributed by atoms with Crippen LogP contribution in [0.15, 0.2) is 18.3 Å². The summed E-state index contributed by atoms with van der Waals surface area (Å²) in [6.45, 7) is 0. The van der Waals surface area contributed by atoms with E-state index in [0.29, 0.717) is 12.2 Å². The number of hydrogen-bond donors (Lipinski definition) is 1. The molecule has 0 amide bonds. The van der Waals surface area contributed by atoms with Crippen molar-refractivity contribution in [3.63, 3.8) is 0 Å². The molecule has 1 unspecified atom stereocenters. The van der Waals surface area contributed by atoms with Gasteiger partial charge in [0.15, 0.2) is 21.3 Å². The Labute approximate surface area is 108 Å². The molecule has 1 saturated heterocycles. The fraction of sp³-hybridized carbons (Fsp3) is 0.364. The molecule has 1 fully saturated rings. The lowest BCUT2D eigenvalue weighted by Crippen LogP contribution is -2.05. The van der Waals surface area contributed by atoms with Crippen LogP contribution in [0.3, 0.4) is 0 Å². The zero-order chi connectivity index (χ0) is 13.6. The summed E-state index contributed by atoms with van der Waals surface area (Å²) in [6.07, 6.45) is 2.09. The number of carbonyl (C=O) groups is 1. The maximum absolute atomic E-state index is 11.4. The predicted molar refractivity (Wildman–Crippen MR) is 66.0 cm³/mol. The Balaban J connectivity index is 2.08. The van der Waals surface area contributed by atoms with Crippen molar-refractivity contribution in [2.24, 2.45) is 0 Å². The summed E-state index contributed by atoms with van der Waals surface area (Å²) < 4.78 is 24.3. The van der Waals surface area contributed by atoms with Crippen molar-refractivity contribution < 1.29 is 18.3 Å². The molecule has 0 aromatic carbocycles. The quantitative estimate of drug-likeness (QED) is 0.851. The lowest BCUT2D eigenvalue weighted by Gasteiger charge is -1.98. The van der Waals surface area contributed by atoms with Gasteiger partial charge in [-0.2, -0.15) is 5.10 Å². The highest BCUT2D eigenvalue weighted by molar-refractivity contribution is 7.91. The van der Waals surface area contributed by atoms with E-state index in [1.807, 2.05) is 0 Å².